The second-order valence-electron chi connectivity index (χ2n) is 6.66. The van der Waals surface area contributed by atoms with E-state index in [-0.39, 0.29) is 0 Å². The second kappa shape index (κ2) is 7.35. The van der Waals surface area contributed by atoms with E-state index in [4.69, 9.17) is 5.26 Å². The number of benzene rings is 1. The van der Waals surface area contributed by atoms with Crippen LogP contribution in [0.15, 0.2) is 36.4 Å². The van der Waals surface area contributed by atoms with Crippen LogP contribution in [0.1, 0.15) is 36.6 Å². The first-order chi connectivity index (χ1) is 11.7. The van der Waals surface area contributed by atoms with Crippen LogP contribution in [0.3, 0.4) is 0 Å². The third-order valence-corrected chi connectivity index (χ3v) is 4.76. The summed E-state index contributed by atoms with van der Waals surface area (Å²) in [5.74, 6) is 1.59. The Morgan fingerprint density at radius 3 is 2.54 bits per heavy atom. The van der Waals surface area contributed by atoms with E-state index < -0.39 is 0 Å². The van der Waals surface area contributed by atoms with Crippen molar-refractivity contribution in [2.24, 2.45) is 5.92 Å². The van der Waals surface area contributed by atoms with Crippen molar-refractivity contribution in [1.82, 2.24) is 4.98 Å². The van der Waals surface area contributed by atoms with Gasteiger partial charge >= 0.3 is 0 Å². The van der Waals surface area contributed by atoms with Crippen LogP contribution >= 0.6 is 0 Å². The summed E-state index contributed by atoms with van der Waals surface area (Å²) < 4.78 is 0. The van der Waals surface area contributed by atoms with Crippen LogP contribution in [0.4, 0.5) is 11.5 Å². The number of nitrogens with zero attached hydrogens (tertiary/aromatic N) is 3. The van der Waals surface area contributed by atoms with Gasteiger partial charge in [0.25, 0.3) is 0 Å². The van der Waals surface area contributed by atoms with Gasteiger partial charge in [-0.1, -0.05) is 25.1 Å². The van der Waals surface area contributed by atoms with Crippen LogP contribution in [0.25, 0.3) is 0 Å². The molecule has 1 aliphatic heterocycles. The minimum absolute atomic E-state index is 0.481. The number of pyridine rings is 1. The number of nitriles is 1. The molecular weight excluding hydrogens is 296 g/mol. The molecule has 1 aromatic carbocycles. The van der Waals surface area contributed by atoms with Gasteiger partial charge in [-0.3, -0.25) is 0 Å². The maximum absolute atomic E-state index is 9.05. The van der Waals surface area contributed by atoms with Gasteiger partial charge in [-0.05, 0) is 55.0 Å². The number of nitrogens with one attached hydrogen (secondary N) is 1. The fraction of sp³-hybridized carbons (Fsp3) is 0.400. The van der Waals surface area contributed by atoms with Crippen molar-refractivity contribution in [3.63, 3.8) is 0 Å². The zero-order chi connectivity index (χ0) is 16.9. The molecule has 1 N–H and O–H groups in total. The smallest absolute Gasteiger partial charge is 0.145 e. The molecule has 24 heavy (non-hydrogen) atoms. The lowest BCUT2D eigenvalue weighted by molar-refractivity contribution is 0.438. The van der Waals surface area contributed by atoms with Crippen molar-refractivity contribution in [3.05, 3.63) is 53.2 Å². The van der Waals surface area contributed by atoms with Crippen molar-refractivity contribution in [2.45, 2.75) is 33.2 Å². The first-order valence-corrected chi connectivity index (χ1v) is 8.61. The molecule has 1 saturated heterocycles. The molecule has 0 atom stereocenters. The molecule has 0 aliphatic carbocycles. The summed E-state index contributed by atoms with van der Waals surface area (Å²) in [6, 6.07) is 14.7. The van der Waals surface area contributed by atoms with Crippen molar-refractivity contribution in [3.8, 4) is 6.07 Å². The number of aromatic nitrogens is 1. The van der Waals surface area contributed by atoms with E-state index in [1.807, 2.05) is 19.1 Å². The molecular formula is C20H24N4. The van der Waals surface area contributed by atoms with Crippen LogP contribution in [0.2, 0.25) is 0 Å². The zero-order valence-corrected chi connectivity index (χ0v) is 14.4. The Balaban J connectivity index is 1.59. The maximum Gasteiger partial charge on any atom is 0.145 e. The minimum atomic E-state index is 0.481. The Morgan fingerprint density at radius 1 is 1.17 bits per heavy atom. The lowest BCUT2D eigenvalue weighted by atomic mass is 9.99. The highest BCUT2D eigenvalue weighted by atomic mass is 15.1. The second-order valence-corrected chi connectivity index (χ2v) is 6.66. The number of piperidine rings is 1. The Morgan fingerprint density at radius 2 is 1.88 bits per heavy atom. The predicted molar refractivity (Wildman–Crippen MR) is 98.1 cm³/mol. The molecule has 3 rings (SSSR count). The number of rotatable bonds is 4. The van der Waals surface area contributed by atoms with Gasteiger partial charge in [0, 0.05) is 25.3 Å². The molecule has 0 amide bonds. The number of hydrogen-bond donors (Lipinski definition) is 1. The van der Waals surface area contributed by atoms with Crippen LogP contribution in [0, 0.1) is 24.2 Å². The topological polar surface area (TPSA) is 52.0 Å². The SMILES string of the molecule is Cc1ccc(NCc2ccc(N3CCC(C)CC3)cc2)nc1C#N. The molecule has 4 heteroatoms. The Kier molecular flexibility index (Phi) is 5.00. The molecule has 1 aliphatic rings. The van der Waals surface area contributed by atoms with E-state index in [9.17, 15) is 0 Å². The van der Waals surface area contributed by atoms with Gasteiger partial charge in [-0.15, -0.1) is 0 Å². The summed E-state index contributed by atoms with van der Waals surface area (Å²) >= 11 is 0. The quantitative estimate of drug-likeness (QED) is 0.921. The van der Waals surface area contributed by atoms with Crippen molar-refractivity contribution in [2.75, 3.05) is 23.3 Å². The predicted octanol–water partition coefficient (Wildman–Crippen LogP) is 4.11. The van der Waals surface area contributed by atoms with Gasteiger partial charge in [-0.25, -0.2) is 4.98 Å². The summed E-state index contributed by atoms with van der Waals surface area (Å²) in [5.41, 5.74) is 3.91. The highest BCUT2D eigenvalue weighted by molar-refractivity contribution is 5.49. The first-order valence-electron chi connectivity index (χ1n) is 8.61. The van der Waals surface area contributed by atoms with Gasteiger partial charge in [0.15, 0.2) is 0 Å². The third-order valence-electron chi connectivity index (χ3n) is 4.76. The van der Waals surface area contributed by atoms with E-state index in [0.717, 1.165) is 30.4 Å². The van der Waals surface area contributed by atoms with Crippen LogP contribution in [-0.4, -0.2) is 18.1 Å². The monoisotopic (exact) mass is 320 g/mol. The van der Waals surface area contributed by atoms with Crippen LogP contribution in [-0.2, 0) is 6.54 Å². The summed E-state index contributed by atoms with van der Waals surface area (Å²) in [4.78, 5) is 6.79. The van der Waals surface area contributed by atoms with E-state index in [1.54, 1.807) is 0 Å². The van der Waals surface area contributed by atoms with Crippen LogP contribution < -0.4 is 10.2 Å². The molecule has 2 heterocycles. The number of hydrogen-bond acceptors (Lipinski definition) is 4. The first kappa shape index (κ1) is 16.3. The standard InChI is InChI=1S/C20H24N4/c1-15-9-11-24(12-10-15)18-6-4-17(5-7-18)14-22-20-8-3-16(2)19(13-21)23-20/h3-8,15H,9-12,14H2,1-2H3,(H,22,23). The fourth-order valence-electron chi connectivity index (χ4n) is 3.02. The largest absolute Gasteiger partial charge is 0.372 e. The molecule has 0 radical (unpaired) electrons. The average molecular weight is 320 g/mol. The van der Waals surface area contributed by atoms with Gasteiger partial charge in [0.05, 0.1) is 0 Å². The molecule has 0 saturated carbocycles. The Hall–Kier alpha value is -2.54. The van der Waals surface area contributed by atoms with E-state index in [2.05, 4.69) is 52.5 Å². The summed E-state index contributed by atoms with van der Waals surface area (Å²) in [7, 11) is 0. The normalized spacial score (nSPS) is 15.1. The van der Waals surface area contributed by atoms with Crippen molar-refractivity contribution < 1.29 is 0 Å². The van der Waals surface area contributed by atoms with E-state index in [1.165, 1.54) is 24.1 Å². The summed E-state index contributed by atoms with van der Waals surface area (Å²) in [6.45, 7) is 7.25. The fourth-order valence-corrected chi connectivity index (χ4v) is 3.02. The van der Waals surface area contributed by atoms with Crippen molar-refractivity contribution in [1.29, 1.82) is 5.26 Å². The van der Waals surface area contributed by atoms with Crippen LogP contribution in [0.5, 0.6) is 0 Å². The summed E-state index contributed by atoms with van der Waals surface area (Å²) in [6.07, 6.45) is 2.56. The van der Waals surface area contributed by atoms with E-state index >= 15 is 0 Å². The average Bonchev–Trinajstić information content (AvgIpc) is 2.62. The van der Waals surface area contributed by atoms with Gasteiger partial charge in [0.1, 0.15) is 17.6 Å². The molecule has 4 nitrogen and oxygen atoms in total. The molecule has 124 valence electrons. The van der Waals surface area contributed by atoms with Gasteiger partial charge in [0.2, 0.25) is 0 Å². The lowest BCUT2D eigenvalue weighted by Crippen LogP contribution is -2.32. The highest BCUT2D eigenvalue weighted by Gasteiger charge is 2.15. The number of aryl methyl sites for hydroxylation is 1. The third kappa shape index (κ3) is 3.86. The molecule has 0 unspecified atom stereocenters. The molecule has 1 fully saturated rings. The van der Waals surface area contributed by atoms with Gasteiger partial charge < -0.3 is 10.2 Å². The highest BCUT2D eigenvalue weighted by Crippen LogP contribution is 2.23. The zero-order valence-electron chi connectivity index (χ0n) is 14.4. The molecule has 1 aromatic heterocycles. The summed E-state index contributed by atoms with van der Waals surface area (Å²) in [5, 5.41) is 12.3. The Labute approximate surface area is 144 Å². The lowest BCUT2D eigenvalue weighted by Gasteiger charge is -2.32. The van der Waals surface area contributed by atoms with Gasteiger partial charge in [-0.2, -0.15) is 5.26 Å². The minimum Gasteiger partial charge on any atom is -0.372 e. The number of anilines is 2. The molecule has 0 spiro atoms. The van der Waals surface area contributed by atoms with E-state index in [0.29, 0.717) is 12.2 Å². The van der Waals surface area contributed by atoms with Crippen molar-refractivity contribution >= 4 is 11.5 Å². The maximum atomic E-state index is 9.05. The Bertz CT molecular complexity index is 722. The molecule has 0 bridgehead atoms. The molecule has 2 aromatic rings.